The second-order valence-electron chi connectivity index (χ2n) is 4.82. The van der Waals surface area contributed by atoms with E-state index in [1.807, 2.05) is 10.9 Å². The zero-order chi connectivity index (χ0) is 13.4. The maximum Gasteiger partial charge on any atom is 0.0962 e. The van der Waals surface area contributed by atoms with Gasteiger partial charge in [0.15, 0.2) is 0 Å². The maximum atomic E-state index is 5.53. The van der Waals surface area contributed by atoms with Gasteiger partial charge < -0.3 is 5.73 Å². The lowest BCUT2D eigenvalue weighted by Crippen LogP contribution is -2.36. The first-order valence-electron chi connectivity index (χ1n) is 7.04. The number of nitrogens with two attached hydrogens (primary N) is 1. The minimum absolute atomic E-state index is 0.463. The zero-order valence-corrected chi connectivity index (χ0v) is 12.0. The van der Waals surface area contributed by atoms with Gasteiger partial charge in [0.1, 0.15) is 0 Å². The van der Waals surface area contributed by atoms with Crippen molar-refractivity contribution < 1.29 is 0 Å². The molecule has 0 saturated carbocycles. The number of unbranched alkanes of at least 4 members (excludes halogenated alkanes) is 1. The van der Waals surface area contributed by atoms with E-state index < -0.39 is 0 Å². The van der Waals surface area contributed by atoms with Crippen LogP contribution in [0.25, 0.3) is 0 Å². The molecule has 1 unspecified atom stereocenters. The summed E-state index contributed by atoms with van der Waals surface area (Å²) in [5.74, 6) is 0. The molecule has 5 heteroatoms. The van der Waals surface area contributed by atoms with Crippen molar-refractivity contribution in [3.63, 3.8) is 0 Å². The SMILES string of the molecule is CCCCN(CCn1cc(CN)nn1)C(C)CC. The van der Waals surface area contributed by atoms with E-state index >= 15 is 0 Å². The number of aromatic nitrogens is 3. The van der Waals surface area contributed by atoms with Crippen LogP contribution in [0.2, 0.25) is 0 Å². The highest BCUT2D eigenvalue weighted by Gasteiger charge is 2.11. The molecule has 0 bridgehead atoms. The molecule has 1 atom stereocenters. The summed E-state index contributed by atoms with van der Waals surface area (Å²) in [4.78, 5) is 2.54. The molecule has 5 nitrogen and oxygen atoms in total. The van der Waals surface area contributed by atoms with Crippen LogP contribution in [0.4, 0.5) is 0 Å². The van der Waals surface area contributed by atoms with Crippen molar-refractivity contribution in [3.8, 4) is 0 Å². The molecule has 0 radical (unpaired) electrons. The quantitative estimate of drug-likeness (QED) is 0.727. The molecule has 0 saturated heterocycles. The Balaban J connectivity index is 2.44. The van der Waals surface area contributed by atoms with E-state index in [0.29, 0.717) is 12.6 Å². The van der Waals surface area contributed by atoms with Crippen LogP contribution >= 0.6 is 0 Å². The number of nitrogens with zero attached hydrogens (tertiary/aromatic N) is 4. The van der Waals surface area contributed by atoms with Crippen LogP contribution in [-0.4, -0.2) is 39.0 Å². The Kier molecular flexibility index (Phi) is 6.90. The highest BCUT2D eigenvalue weighted by Crippen LogP contribution is 2.06. The number of hydrogen-bond acceptors (Lipinski definition) is 4. The predicted octanol–water partition coefficient (Wildman–Crippen LogP) is 1.64. The molecule has 0 fully saturated rings. The normalized spacial score (nSPS) is 13.2. The second-order valence-corrected chi connectivity index (χ2v) is 4.82. The summed E-state index contributed by atoms with van der Waals surface area (Å²) in [5.41, 5.74) is 6.39. The molecule has 18 heavy (non-hydrogen) atoms. The van der Waals surface area contributed by atoms with Gasteiger partial charge in [0, 0.05) is 25.3 Å². The fraction of sp³-hybridized carbons (Fsp3) is 0.846. The molecule has 0 aliphatic carbocycles. The Bertz CT molecular complexity index is 323. The minimum atomic E-state index is 0.463. The molecule has 0 amide bonds. The van der Waals surface area contributed by atoms with E-state index in [1.165, 1.54) is 25.8 Å². The Hall–Kier alpha value is -0.940. The summed E-state index contributed by atoms with van der Waals surface area (Å²) < 4.78 is 1.89. The average molecular weight is 253 g/mol. The topological polar surface area (TPSA) is 60.0 Å². The lowest BCUT2D eigenvalue weighted by Gasteiger charge is -2.28. The van der Waals surface area contributed by atoms with E-state index in [2.05, 4.69) is 36.0 Å². The van der Waals surface area contributed by atoms with Gasteiger partial charge in [0.2, 0.25) is 0 Å². The summed E-state index contributed by atoms with van der Waals surface area (Å²) in [6.07, 6.45) is 5.63. The Morgan fingerprint density at radius 2 is 2.17 bits per heavy atom. The third-order valence-electron chi connectivity index (χ3n) is 3.42. The molecule has 104 valence electrons. The monoisotopic (exact) mass is 253 g/mol. The summed E-state index contributed by atoms with van der Waals surface area (Å²) in [6, 6.07) is 0.633. The third-order valence-corrected chi connectivity index (χ3v) is 3.42. The molecule has 0 aromatic carbocycles. The second kappa shape index (κ2) is 8.21. The molecule has 1 aromatic rings. The molecule has 1 aromatic heterocycles. The molecule has 0 spiro atoms. The van der Waals surface area contributed by atoms with Crippen LogP contribution in [0.15, 0.2) is 6.20 Å². The van der Waals surface area contributed by atoms with Crippen LogP contribution < -0.4 is 5.73 Å². The van der Waals surface area contributed by atoms with Gasteiger partial charge in [-0.15, -0.1) is 5.10 Å². The van der Waals surface area contributed by atoms with Crippen molar-refractivity contribution in [1.82, 2.24) is 19.9 Å². The fourth-order valence-corrected chi connectivity index (χ4v) is 1.94. The smallest absolute Gasteiger partial charge is 0.0962 e. The van der Waals surface area contributed by atoms with Crippen LogP contribution in [0.5, 0.6) is 0 Å². The van der Waals surface area contributed by atoms with Gasteiger partial charge in [0.05, 0.1) is 12.2 Å². The average Bonchev–Trinajstić information content (AvgIpc) is 2.86. The van der Waals surface area contributed by atoms with Crippen molar-refractivity contribution in [2.24, 2.45) is 5.73 Å². The van der Waals surface area contributed by atoms with Crippen LogP contribution in [0.3, 0.4) is 0 Å². The van der Waals surface area contributed by atoms with Gasteiger partial charge in [-0.3, -0.25) is 9.58 Å². The van der Waals surface area contributed by atoms with Crippen molar-refractivity contribution >= 4 is 0 Å². The first-order valence-corrected chi connectivity index (χ1v) is 7.04. The van der Waals surface area contributed by atoms with Crippen LogP contribution in [-0.2, 0) is 13.1 Å². The predicted molar refractivity (Wildman–Crippen MR) is 74.1 cm³/mol. The lowest BCUT2D eigenvalue weighted by molar-refractivity contribution is 0.190. The molecular weight excluding hydrogens is 226 g/mol. The fourth-order valence-electron chi connectivity index (χ4n) is 1.94. The Labute approximate surface area is 110 Å². The van der Waals surface area contributed by atoms with Gasteiger partial charge in [-0.25, -0.2) is 0 Å². The molecular formula is C13H27N5. The molecule has 1 heterocycles. The van der Waals surface area contributed by atoms with Gasteiger partial charge in [0.25, 0.3) is 0 Å². The van der Waals surface area contributed by atoms with E-state index in [0.717, 1.165) is 18.8 Å². The van der Waals surface area contributed by atoms with Crippen LogP contribution in [0, 0.1) is 0 Å². The van der Waals surface area contributed by atoms with E-state index in [-0.39, 0.29) is 0 Å². The van der Waals surface area contributed by atoms with Crippen molar-refractivity contribution in [3.05, 3.63) is 11.9 Å². The van der Waals surface area contributed by atoms with Gasteiger partial charge in [-0.05, 0) is 26.3 Å². The highest BCUT2D eigenvalue weighted by molar-refractivity contribution is 4.90. The molecule has 1 rings (SSSR count). The maximum absolute atomic E-state index is 5.53. The van der Waals surface area contributed by atoms with Gasteiger partial charge in [-0.1, -0.05) is 25.5 Å². The van der Waals surface area contributed by atoms with Crippen molar-refractivity contribution in [1.29, 1.82) is 0 Å². The third kappa shape index (κ3) is 4.74. The molecule has 0 aliphatic heterocycles. The van der Waals surface area contributed by atoms with Gasteiger partial charge >= 0.3 is 0 Å². The van der Waals surface area contributed by atoms with Crippen LogP contribution in [0.1, 0.15) is 45.7 Å². The van der Waals surface area contributed by atoms with E-state index in [1.54, 1.807) is 0 Å². The summed E-state index contributed by atoms with van der Waals surface area (Å²) in [5, 5.41) is 8.09. The molecule has 0 aliphatic rings. The first-order chi connectivity index (χ1) is 8.71. The van der Waals surface area contributed by atoms with E-state index in [4.69, 9.17) is 5.73 Å². The lowest BCUT2D eigenvalue weighted by atomic mass is 10.2. The van der Waals surface area contributed by atoms with Gasteiger partial charge in [-0.2, -0.15) is 0 Å². The van der Waals surface area contributed by atoms with E-state index in [9.17, 15) is 0 Å². The Morgan fingerprint density at radius 1 is 1.39 bits per heavy atom. The zero-order valence-electron chi connectivity index (χ0n) is 12.0. The Morgan fingerprint density at radius 3 is 2.72 bits per heavy atom. The summed E-state index contributed by atoms with van der Waals surface area (Å²) >= 11 is 0. The largest absolute Gasteiger partial charge is 0.325 e. The number of rotatable bonds is 9. The minimum Gasteiger partial charge on any atom is -0.325 e. The van der Waals surface area contributed by atoms with Crippen molar-refractivity contribution in [2.75, 3.05) is 13.1 Å². The number of hydrogen-bond donors (Lipinski definition) is 1. The highest BCUT2D eigenvalue weighted by atomic mass is 15.4. The molecule has 2 N–H and O–H groups in total. The summed E-state index contributed by atoms with van der Waals surface area (Å²) in [7, 11) is 0. The summed E-state index contributed by atoms with van der Waals surface area (Å²) in [6.45, 7) is 10.3. The standard InChI is InChI=1S/C13H27N5/c1-4-6-7-17(12(3)5-2)8-9-18-11-13(10-14)15-16-18/h11-12H,4-10,14H2,1-3H3. The first kappa shape index (κ1) is 15.1. The van der Waals surface area contributed by atoms with Crippen molar-refractivity contribution in [2.45, 2.75) is 59.2 Å².